The molecule has 2 aliphatic rings. The van der Waals surface area contributed by atoms with E-state index in [2.05, 4.69) is 20.9 Å². The van der Waals surface area contributed by atoms with Crippen LogP contribution in [0.5, 0.6) is 5.75 Å². The van der Waals surface area contributed by atoms with Crippen LogP contribution in [0.15, 0.2) is 51.9 Å². The van der Waals surface area contributed by atoms with Gasteiger partial charge in [-0.2, -0.15) is 4.99 Å². The Morgan fingerprint density at radius 3 is 2.53 bits per heavy atom. The van der Waals surface area contributed by atoms with Crippen molar-refractivity contribution in [2.75, 3.05) is 23.0 Å². The number of sulfone groups is 1. The third kappa shape index (κ3) is 4.43. The fourth-order valence-corrected chi connectivity index (χ4v) is 8.51. The number of rotatable bonds is 4. The number of carbonyl (C=O) groups excluding carboxylic acids is 1. The standard InChI is InChI=1S/C21H21BrN2O4S2/c1-13-8-15(22)9-14(2)20(13)24-17-11-30(26,27)12-18(17)29-21(24)23-19(25)10-28-16-6-4-3-5-7-16/h3-9,17-18H,10-12H2,1-2H3/t17-,18-/m1/s1. The van der Waals surface area contributed by atoms with Gasteiger partial charge >= 0.3 is 0 Å². The second-order valence-corrected chi connectivity index (χ2v) is 11.7. The van der Waals surface area contributed by atoms with Crippen molar-refractivity contribution >= 4 is 54.3 Å². The van der Waals surface area contributed by atoms with E-state index in [1.54, 1.807) is 12.1 Å². The summed E-state index contributed by atoms with van der Waals surface area (Å²) >= 11 is 4.87. The summed E-state index contributed by atoms with van der Waals surface area (Å²) in [5.41, 5.74) is 2.90. The number of anilines is 1. The maximum absolute atomic E-state index is 12.5. The van der Waals surface area contributed by atoms with Gasteiger partial charge in [0.1, 0.15) is 5.75 Å². The lowest BCUT2D eigenvalue weighted by molar-refractivity contribution is -0.119. The molecule has 158 valence electrons. The first-order valence-corrected chi connectivity index (χ1v) is 13.0. The zero-order valence-electron chi connectivity index (χ0n) is 16.5. The second kappa shape index (κ2) is 8.36. The van der Waals surface area contributed by atoms with Crippen LogP contribution in [0.3, 0.4) is 0 Å². The lowest BCUT2D eigenvalue weighted by atomic mass is 10.1. The number of aryl methyl sites for hydroxylation is 2. The van der Waals surface area contributed by atoms with Gasteiger partial charge in [0.15, 0.2) is 21.6 Å². The van der Waals surface area contributed by atoms with E-state index in [0.29, 0.717) is 10.9 Å². The summed E-state index contributed by atoms with van der Waals surface area (Å²) in [4.78, 5) is 18.8. The van der Waals surface area contributed by atoms with E-state index in [-0.39, 0.29) is 29.4 Å². The lowest BCUT2D eigenvalue weighted by Gasteiger charge is -2.28. The molecule has 0 aromatic heterocycles. The Bertz CT molecular complexity index is 1100. The van der Waals surface area contributed by atoms with Crippen LogP contribution in [0.4, 0.5) is 5.69 Å². The second-order valence-electron chi connectivity index (χ2n) is 7.45. The van der Waals surface area contributed by atoms with Gasteiger partial charge in [-0.05, 0) is 49.2 Å². The van der Waals surface area contributed by atoms with E-state index in [9.17, 15) is 13.2 Å². The Morgan fingerprint density at radius 1 is 1.20 bits per heavy atom. The minimum Gasteiger partial charge on any atom is -0.484 e. The molecule has 0 N–H and O–H groups in total. The lowest BCUT2D eigenvalue weighted by Crippen LogP contribution is -2.38. The minimum atomic E-state index is -3.11. The molecular formula is C21H21BrN2O4S2. The number of para-hydroxylation sites is 1. The molecule has 0 aliphatic carbocycles. The molecule has 30 heavy (non-hydrogen) atoms. The van der Waals surface area contributed by atoms with Crippen molar-refractivity contribution < 1.29 is 17.9 Å². The minimum absolute atomic E-state index is 0.0628. The number of halogens is 1. The summed E-state index contributed by atoms with van der Waals surface area (Å²) < 4.78 is 31.0. The molecule has 2 aliphatic heterocycles. The van der Waals surface area contributed by atoms with E-state index in [0.717, 1.165) is 21.3 Å². The molecule has 9 heteroatoms. The highest BCUT2D eigenvalue weighted by Gasteiger charge is 2.50. The van der Waals surface area contributed by atoms with E-state index in [1.807, 2.05) is 49.1 Å². The Balaban J connectivity index is 1.65. The first-order chi connectivity index (χ1) is 14.2. The van der Waals surface area contributed by atoms with E-state index < -0.39 is 15.7 Å². The number of amidine groups is 1. The molecule has 2 aromatic rings. The van der Waals surface area contributed by atoms with Gasteiger partial charge in [-0.3, -0.25) is 4.79 Å². The monoisotopic (exact) mass is 508 g/mol. The summed E-state index contributed by atoms with van der Waals surface area (Å²) in [5.74, 6) is 0.361. The first-order valence-electron chi connectivity index (χ1n) is 9.46. The predicted octanol–water partition coefficient (Wildman–Crippen LogP) is 3.75. The Hall–Kier alpha value is -1.84. The summed E-state index contributed by atoms with van der Waals surface area (Å²) in [6, 6.07) is 12.8. The maximum Gasteiger partial charge on any atom is 0.285 e. The van der Waals surface area contributed by atoms with E-state index in [1.165, 1.54) is 11.8 Å². The first kappa shape index (κ1) is 21.4. The molecule has 0 unspecified atom stereocenters. The number of ether oxygens (including phenoxy) is 1. The number of amides is 1. The van der Waals surface area contributed by atoms with Crippen LogP contribution in [-0.4, -0.2) is 48.9 Å². The number of thioether (sulfide) groups is 1. The number of hydrogen-bond acceptors (Lipinski definition) is 5. The number of hydrogen-bond donors (Lipinski definition) is 0. The summed E-state index contributed by atoms with van der Waals surface area (Å²) in [5, 5.41) is 0.397. The predicted molar refractivity (Wildman–Crippen MR) is 124 cm³/mol. The van der Waals surface area contributed by atoms with Gasteiger partial charge in [-0.15, -0.1) is 0 Å². The van der Waals surface area contributed by atoms with Crippen LogP contribution < -0.4 is 9.64 Å². The Morgan fingerprint density at radius 2 is 1.87 bits per heavy atom. The molecule has 2 aromatic carbocycles. The average Bonchev–Trinajstić information content (AvgIpc) is 3.12. The molecule has 0 saturated carbocycles. The van der Waals surface area contributed by atoms with Crippen molar-refractivity contribution in [3.05, 3.63) is 58.1 Å². The maximum atomic E-state index is 12.5. The van der Waals surface area contributed by atoms with Gasteiger partial charge in [-0.25, -0.2) is 8.42 Å². The average molecular weight is 509 g/mol. The third-order valence-corrected chi connectivity index (χ3v) is 8.76. The van der Waals surface area contributed by atoms with Crippen LogP contribution in [0, 0.1) is 13.8 Å². The Labute approximate surface area is 188 Å². The van der Waals surface area contributed by atoms with Crippen LogP contribution >= 0.6 is 27.7 Å². The topological polar surface area (TPSA) is 76.0 Å². The molecule has 2 atom stereocenters. The van der Waals surface area contributed by atoms with Gasteiger partial charge in [0.05, 0.1) is 17.5 Å². The molecule has 0 radical (unpaired) electrons. The van der Waals surface area contributed by atoms with Crippen molar-refractivity contribution in [2.24, 2.45) is 4.99 Å². The van der Waals surface area contributed by atoms with Crippen molar-refractivity contribution in [3.63, 3.8) is 0 Å². The number of aliphatic imine (C=N–C) groups is 1. The van der Waals surface area contributed by atoms with Crippen LogP contribution in [0.1, 0.15) is 11.1 Å². The highest BCUT2D eigenvalue weighted by Crippen LogP contribution is 2.43. The van der Waals surface area contributed by atoms with Crippen molar-refractivity contribution in [1.29, 1.82) is 0 Å². The van der Waals surface area contributed by atoms with Gasteiger partial charge in [0.25, 0.3) is 5.91 Å². The fourth-order valence-electron chi connectivity index (χ4n) is 3.91. The van der Waals surface area contributed by atoms with Crippen LogP contribution in [-0.2, 0) is 14.6 Å². The zero-order valence-corrected chi connectivity index (χ0v) is 19.8. The summed E-state index contributed by atoms with van der Waals surface area (Å²) in [6.45, 7) is 3.78. The quantitative estimate of drug-likeness (QED) is 0.625. The molecule has 2 heterocycles. The summed E-state index contributed by atoms with van der Waals surface area (Å²) in [6.07, 6.45) is 0. The van der Waals surface area contributed by atoms with Crippen LogP contribution in [0.2, 0.25) is 0 Å². The largest absolute Gasteiger partial charge is 0.484 e. The normalized spacial score (nSPS) is 23.6. The zero-order chi connectivity index (χ0) is 21.5. The van der Waals surface area contributed by atoms with Gasteiger partial charge in [0.2, 0.25) is 0 Å². The number of fused-ring (bicyclic) bond motifs is 1. The molecule has 2 fully saturated rings. The highest BCUT2D eigenvalue weighted by atomic mass is 79.9. The number of benzene rings is 2. The van der Waals surface area contributed by atoms with Crippen LogP contribution in [0.25, 0.3) is 0 Å². The molecule has 0 spiro atoms. The highest BCUT2D eigenvalue weighted by molar-refractivity contribution is 9.10. The molecule has 4 rings (SSSR count). The van der Waals surface area contributed by atoms with Gasteiger partial charge in [0, 0.05) is 15.4 Å². The van der Waals surface area contributed by atoms with Crippen molar-refractivity contribution in [2.45, 2.75) is 25.1 Å². The smallest absolute Gasteiger partial charge is 0.285 e. The van der Waals surface area contributed by atoms with E-state index in [4.69, 9.17) is 4.74 Å². The van der Waals surface area contributed by atoms with Crippen molar-refractivity contribution in [1.82, 2.24) is 0 Å². The fraction of sp³-hybridized carbons (Fsp3) is 0.333. The SMILES string of the molecule is Cc1cc(Br)cc(C)c1N1C(=NC(=O)COc2ccccc2)S[C@@H]2CS(=O)(=O)C[C@H]21. The molecule has 2 saturated heterocycles. The molecule has 6 nitrogen and oxygen atoms in total. The number of carbonyl (C=O) groups is 1. The molecule has 1 amide bonds. The summed E-state index contributed by atoms with van der Waals surface area (Å²) in [7, 11) is -3.11. The molecule has 0 bridgehead atoms. The third-order valence-electron chi connectivity index (χ3n) is 5.09. The van der Waals surface area contributed by atoms with Gasteiger partial charge in [-0.1, -0.05) is 45.9 Å². The Kier molecular flexibility index (Phi) is 5.96. The van der Waals surface area contributed by atoms with E-state index >= 15 is 0 Å². The van der Waals surface area contributed by atoms with Gasteiger partial charge < -0.3 is 9.64 Å². The molecular weight excluding hydrogens is 488 g/mol. The van der Waals surface area contributed by atoms with Crippen molar-refractivity contribution in [3.8, 4) is 5.75 Å². The number of nitrogens with zero attached hydrogens (tertiary/aromatic N) is 2.